The lowest BCUT2D eigenvalue weighted by atomic mass is 9.62. The predicted molar refractivity (Wildman–Crippen MR) is 338 cm³/mol. The first-order valence-electron chi connectivity index (χ1n) is 31.3. The Balaban J connectivity index is 1.10. The van der Waals surface area contributed by atoms with E-state index in [0.717, 1.165) is 128 Å². The average Bonchev–Trinajstić information content (AvgIpc) is 1.45. The van der Waals surface area contributed by atoms with Gasteiger partial charge in [0.1, 0.15) is 31.2 Å². The van der Waals surface area contributed by atoms with Gasteiger partial charge in [0.15, 0.2) is 5.66 Å². The Hall–Kier alpha value is -3.84. The SMILES string of the molecule is CCCCCCCCOS(=O)(=O)CC1(COS(=O)(=O)CCCCCCCC)Nc2cccc3c(C4C(O)C(c5ccc6c7c(cccc57)NC(COS(=O)(=O)CCCCCCCC)(COS(=O)(=O)CCCCCCCC)N6)C4O)ccc(c23)N1. The molecule has 0 saturated heterocycles. The lowest BCUT2D eigenvalue weighted by Gasteiger charge is -2.48. The van der Waals surface area contributed by atoms with Crippen LogP contribution in [0.1, 0.15) is 205 Å². The fourth-order valence-corrected chi connectivity index (χ4v) is 16.6. The van der Waals surface area contributed by atoms with Crippen molar-refractivity contribution in [2.45, 2.75) is 217 Å². The molecule has 472 valence electrons. The van der Waals surface area contributed by atoms with Crippen molar-refractivity contribution in [2.24, 2.45) is 0 Å². The average molecular weight is 1250 g/mol. The van der Waals surface area contributed by atoms with Crippen LogP contribution in [0.3, 0.4) is 0 Å². The van der Waals surface area contributed by atoms with Crippen molar-refractivity contribution < 1.29 is 60.6 Å². The van der Waals surface area contributed by atoms with Crippen molar-refractivity contribution in [3.05, 3.63) is 71.8 Å². The van der Waals surface area contributed by atoms with Gasteiger partial charge in [0, 0.05) is 45.4 Å². The molecular formula is C62H96N4O14S4. The van der Waals surface area contributed by atoms with E-state index in [1.54, 1.807) is 48.5 Å². The third-order valence-electron chi connectivity index (χ3n) is 16.7. The van der Waals surface area contributed by atoms with E-state index in [1.807, 2.05) is 12.1 Å². The molecule has 3 atom stereocenters. The van der Waals surface area contributed by atoms with Gasteiger partial charge >= 0.3 is 0 Å². The number of rotatable bonds is 42. The molecular weight excluding hydrogens is 1150 g/mol. The van der Waals surface area contributed by atoms with Gasteiger partial charge in [-0.15, -0.1) is 0 Å². The number of anilines is 4. The first-order valence-corrected chi connectivity index (χ1v) is 37.6. The summed E-state index contributed by atoms with van der Waals surface area (Å²) in [5.74, 6) is -2.76. The molecule has 0 bridgehead atoms. The van der Waals surface area contributed by atoms with Crippen LogP contribution in [-0.4, -0.2) is 117 Å². The van der Waals surface area contributed by atoms with Gasteiger partial charge in [-0.05, 0) is 71.8 Å². The van der Waals surface area contributed by atoms with E-state index in [-0.39, 0.29) is 23.9 Å². The van der Waals surface area contributed by atoms with Crippen molar-refractivity contribution in [1.29, 1.82) is 0 Å². The summed E-state index contributed by atoms with van der Waals surface area (Å²) >= 11 is 0. The van der Waals surface area contributed by atoms with Gasteiger partial charge in [-0.1, -0.05) is 193 Å². The molecule has 0 radical (unpaired) electrons. The standard InChI is InChI=1S/C62H96N4O14S4/c1-5-9-13-17-21-25-39-77-84(75,76)46-62(45-80-83(73,74)42-28-24-20-16-12-8-4)65-52-34-30-32-48-50(36-38-54(66-62)56(48)52)58-59(67)57(60(58)68)49-35-37-53-55-47(49)31-29-33-51(55)63-61(64-53,43-78-81(69,70)40-26-22-18-14-10-6-2)44-79-82(71,72)41-27-23-19-15-11-7-3/h29-38,57-60,63-68H,5-28,39-46H2,1-4H3. The Morgan fingerprint density at radius 1 is 0.381 bits per heavy atom. The minimum absolute atomic E-state index is 0.00782. The molecule has 2 heterocycles. The summed E-state index contributed by atoms with van der Waals surface area (Å²) in [5.41, 5.74) is 0.135. The largest absolute Gasteiger partial charge is 0.392 e. The molecule has 18 nitrogen and oxygen atoms in total. The third kappa shape index (κ3) is 18.6. The Bertz CT molecular complexity index is 3130. The van der Waals surface area contributed by atoms with Gasteiger partial charge in [0.25, 0.3) is 40.5 Å². The topological polar surface area (TPSA) is 262 Å². The van der Waals surface area contributed by atoms with Gasteiger partial charge in [0.2, 0.25) is 0 Å². The normalized spacial score (nSPS) is 20.3. The molecule has 0 spiro atoms. The fourth-order valence-electron chi connectivity index (χ4n) is 12.1. The van der Waals surface area contributed by atoms with Crippen molar-refractivity contribution in [1.82, 2.24) is 0 Å². The number of nitrogens with one attached hydrogen (secondary N) is 4. The first-order chi connectivity index (χ1) is 40.2. The highest BCUT2D eigenvalue weighted by atomic mass is 32.2. The Morgan fingerprint density at radius 2 is 0.702 bits per heavy atom. The molecule has 6 N–H and O–H groups in total. The summed E-state index contributed by atoms with van der Waals surface area (Å²) in [6.45, 7) is 6.94. The molecule has 4 aromatic rings. The number of hydrogen-bond acceptors (Lipinski definition) is 18. The minimum Gasteiger partial charge on any atom is -0.392 e. The zero-order valence-corrected chi connectivity index (χ0v) is 53.4. The van der Waals surface area contributed by atoms with Crippen molar-refractivity contribution in [3.8, 4) is 0 Å². The molecule has 1 fully saturated rings. The zero-order chi connectivity index (χ0) is 60.4. The Morgan fingerprint density at radius 3 is 1.08 bits per heavy atom. The second kappa shape index (κ2) is 31.4. The van der Waals surface area contributed by atoms with Gasteiger partial charge in [-0.25, -0.2) is 0 Å². The highest BCUT2D eigenvalue weighted by Gasteiger charge is 2.52. The molecule has 0 amide bonds. The van der Waals surface area contributed by atoms with Crippen LogP contribution in [0.25, 0.3) is 21.5 Å². The van der Waals surface area contributed by atoms with Crippen LogP contribution in [-0.2, 0) is 57.2 Å². The lowest BCUT2D eigenvalue weighted by Crippen LogP contribution is -2.57. The van der Waals surface area contributed by atoms with Crippen LogP contribution in [0.4, 0.5) is 22.7 Å². The molecule has 84 heavy (non-hydrogen) atoms. The summed E-state index contributed by atoms with van der Waals surface area (Å²) in [4.78, 5) is 0. The van der Waals surface area contributed by atoms with Gasteiger partial charge in [-0.2, -0.15) is 33.7 Å². The second-order valence-corrected chi connectivity index (χ2v) is 30.6. The first kappa shape index (κ1) is 67.7. The number of aliphatic hydroxyl groups excluding tert-OH is 2. The zero-order valence-electron chi connectivity index (χ0n) is 50.1. The summed E-state index contributed by atoms with van der Waals surface area (Å²) < 4.78 is 130. The van der Waals surface area contributed by atoms with E-state index in [1.165, 1.54) is 0 Å². The van der Waals surface area contributed by atoms with E-state index in [0.29, 0.717) is 81.1 Å². The maximum absolute atomic E-state index is 13.8. The molecule has 1 saturated carbocycles. The maximum atomic E-state index is 13.8. The molecule has 3 aliphatic rings. The van der Waals surface area contributed by atoms with E-state index in [4.69, 9.17) is 16.7 Å². The number of benzene rings is 4. The summed E-state index contributed by atoms with van der Waals surface area (Å²) in [6, 6.07) is 18.0. The maximum Gasteiger partial charge on any atom is 0.271 e. The van der Waals surface area contributed by atoms with E-state index in [2.05, 4.69) is 49.0 Å². The van der Waals surface area contributed by atoms with Crippen LogP contribution in [0.15, 0.2) is 60.7 Å². The predicted octanol–water partition coefficient (Wildman–Crippen LogP) is 12.5. The highest BCUT2D eigenvalue weighted by Crippen LogP contribution is 2.54. The monoisotopic (exact) mass is 1250 g/mol. The molecule has 1 aliphatic carbocycles. The van der Waals surface area contributed by atoms with Crippen LogP contribution >= 0.6 is 0 Å². The van der Waals surface area contributed by atoms with Crippen LogP contribution in [0.5, 0.6) is 0 Å². The minimum atomic E-state index is -4.25. The number of unbranched alkanes of at least 4 members (excludes halogenated alkanes) is 20. The molecule has 7 rings (SSSR count). The molecule has 2 aliphatic heterocycles. The Kier molecular flexibility index (Phi) is 25.3. The quantitative estimate of drug-likeness (QED) is 0.0178. The van der Waals surface area contributed by atoms with Crippen LogP contribution in [0, 0.1) is 0 Å². The molecule has 22 heteroatoms. The van der Waals surface area contributed by atoms with Crippen LogP contribution in [0.2, 0.25) is 0 Å². The number of aliphatic hydroxyl groups is 2. The summed E-state index contributed by atoms with van der Waals surface area (Å²) in [7, 11) is -16.4. The Labute approximate surface area is 502 Å². The van der Waals surface area contributed by atoms with Crippen molar-refractivity contribution >= 4 is 84.8 Å². The second-order valence-electron chi connectivity index (χ2n) is 23.7. The molecule has 3 unspecified atom stereocenters. The van der Waals surface area contributed by atoms with Gasteiger partial charge in [-0.3, -0.25) is 16.7 Å². The lowest BCUT2D eigenvalue weighted by molar-refractivity contribution is -0.0775. The van der Waals surface area contributed by atoms with E-state index < -0.39 is 101 Å². The highest BCUT2D eigenvalue weighted by molar-refractivity contribution is 7.87. The van der Waals surface area contributed by atoms with Gasteiger partial charge in [0.05, 0.1) is 36.1 Å². The third-order valence-corrected chi connectivity index (χ3v) is 21.9. The van der Waals surface area contributed by atoms with Crippen LogP contribution < -0.4 is 21.3 Å². The number of hydrogen-bond donors (Lipinski definition) is 6. The smallest absolute Gasteiger partial charge is 0.271 e. The van der Waals surface area contributed by atoms with Crippen molar-refractivity contribution in [3.63, 3.8) is 0 Å². The van der Waals surface area contributed by atoms with Gasteiger partial charge < -0.3 is 31.5 Å². The molecule has 0 aromatic heterocycles. The van der Waals surface area contributed by atoms with Crippen molar-refractivity contribution in [2.75, 3.05) is 70.7 Å². The molecule has 4 aromatic carbocycles. The van der Waals surface area contributed by atoms with E-state index >= 15 is 0 Å². The summed E-state index contributed by atoms with van der Waals surface area (Å²) in [6.07, 6.45) is 19.2. The summed E-state index contributed by atoms with van der Waals surface area (Å²) in [5, 5.41) is 40.6. The fraction of sp³-hybridized carbons (Fsp3) is 0.677. The van der Waals surface area contributed by atoms with E-state index in [9.17, 15) is 43.9 Å².